The number of rotatable bonds is 6. The van der Waals surface area contributed by atoms with Crippen molar-refractivity contribution < 1.29 is 32.2 Å². The second-order valence-electron chi connectivity index (χ2n) is 6.92. The van der Waals surface area contributed by atoms with Crippen LogP contribution in [-0.2, 0) is 19.1 Å². The van der Waals surface area contributed by atoms with Crippen molar-refractivity contribution in [3.8, 4) is 0 Å². The summed E-state index contributed by atoms with van der Waals surface area (Å²) in [5.74, 6) is -5.24. The first kappa shape index (κ1) is 21.3. The van der Waals surface area contributed by atoms with Gasteiger partial charge in [0, 0.05) is 5.92 Å². The number of ether oxygens (including phenoxy) is 2. The van der Waals surface area contributed by atoms with E-state index in [1.165, 1.54) is 20.8 Å². The van der Waals surface area contributed by atoms with E-state index in [2.05, 4.69) is 0 Å². The van der Waals surface area contributed by atoms with E-state index in [9.17, 15) is 22.8 Å². The fourth-order valence-corrected chi connectivity index (χ4v) is 2.87. The quantitative estimate of drug-likeness (QED) is 0.664. The minimum Gasteiger partial charge on any atom is -0.466 e. The van der Waals surface area contributed by atoms with Crippen LogP contribution in [0.5, 0.6) is 0 Å². The summed E-state index contributed by atoms with van der Waals surface area (Å²) in [7, 11) is 0. The first-order valence-electron chi connectivity index (χ1n) is 8.24. The lowest BCUT2D eigenvalue weighted by molar-refractivity contribution is -0.180. The first-order valence-corrected chi connectivity index (χ1v) is 8.24. The zero-order chi connectivity index (χ0) is 19.4. The molecule has 0 aromatic heterocycles. The van der Waals surface area contributed by atoms with Gasteiger partial charge in [-0.05, 0) is 46.3 Å². The molecule has 0 aromatic carbocycles. The van der Waals surface area contributed by atoms with E-state index >= 15 is 0 Å². The molecule has 0 bridgehead atoms. The van der Waals surface area contributed by atoms with Gasteiger partial charge in [-0.3, -0.25) is 9.59 Å². The summed E-state index contributed by atoms with van der Waals surface area (Å²) in [6.07, 6.45) is -0.418. The number of hydrogen-bond donors (Lipinski definition) is 0. The fourth-order valence-electron chi connectivity index (χ4n) is 2.87. The van der Waals surface area contributed by atoms with Crippen LogP contribution in [0, 0.1) is 17.3 Å². The zero-order valence-corrected chi connectivity index (χ0v) is 15.1. The number of allylic oxidation sites excluding steroid dienone is 3. The Bertz CT molecular complexity index is 563. The van der Waals surface area contributed by atoms with Crippen LogP contribution in [-0.4, -0.2) is 30.6 Å². The second kappa shape index (κ2) is 8.06. The van der Waals surface area contributed by atoms with Gasteiger partial charge in [0.05, 0.1) is 12.5 Å². The predicted octanol–water partition coefficient (Wildman–Crippen LogP) is 4.21. The lowest BCUT2D eigenvalue weighted by Gasteiger charge is -2.40. The molecule has 0 fully saturated rings. The van der Waals surface area contributed by atoms with Crippen LogP contribution in [0.25, 0.3) is 0 Å². The second-order valence-corrected chi connectivity index (χ2v) is 6.92. The van der Waals surface area contributed by atoms with E-state index in [-0.39, 0.29) is 13.0 Å². The van der Waals surface area contributed by atoms with Crippen molar-refractivity contribution >= 4 is 11.9 Å². The number of carbonyl (C=O) groups excluding carboxylic acids is 2. The summed E-state index contributed by atoms with van der Waals surface area (Å²) >= 11 is 0. The SMILES string of the molecule is CCOC(=O)C(CC)C1C=CC(F)=CC1(C(=O)OC(C)(C)C)C(F)F. The molecule has 0 saturated carbocycles. The van der Waals surface area contributed by atoms with Gasteiger partial charge in [-0.2, -0.15) is 0 Å². The maximum atomic E-state index is 14.1. The normalized spacial score (nSPS) is 24.7. The van der Waals surface area contributed by atoms with Crippen molar-refractivity contribution in [1.82, 2.24) is 0 Å². The van der Waals surface area contributed by atoms with E-state index < -0.39 is 47.0 Å². The van der Waals surface area contributed by atoms with Gasteiger partial charge in [0.15, 0.2) is 5.41 Å². The van der Waals surface area contributed by atoms with Gasteiger partial charge in [0.1, 0.15) is 11.4 Å². The molecule has 4 nitrogen and oxygen atoms in total. The Balaban J connectivity index is 3.43. The van der Waals surface area contributed by atoms with E-state index in [1.807, 2.05) is 0 Å². The highest BCUT2D eigenvalue weighted by molar-refractivity contribution is 5.84. The Morgan fingerprint density at radius 3 is 2.32 bits per heavy atom. The smallest absolute Gasteiger partial charge is 0.323 e. The standard InChI is InChI=1S/C18H25F3O4/c1-6-12(14(22)24-7-2)13-9-8-11(19)10-18(13,15(20)21)16(23)25-17(3,4)5/h8-10,12-13,15H,6-7H2,1-5H3. The van der Waals surface area contributed by atoms with Crippen molar-refractivity contribution in [3.05, 3.63) is 24.1 Å². The largest absolute Gasteiger partial charge is 0.466 e. The Morgan fingerprint density at radius 1 is 1.28 bits per heavy atom. The molecule has 0 saturated heterocycles. The Kier molecular flexibility index (Phi) is 6.85. The predicted molar refractivity (Wildman–Crippen MR) is 86.5 cm³/mol. The molecular weight excluding hydrogens is 337 g/mol. The first-order chi connectivity index (χ1) is 11.5. The average molecular weight is 362 g/mol. The van der Waals surface area contributed by atoms with Crippen LogP contribution in [0.1, 0.15) is 41.0 Å². The molecule has 1 aliphatic carbocycles. The molecule has 25 heavy (non-hydrogen) atoms. The van der Waals surface area contributed by atoms with Gasteiger partial charge in [-0.25, -0.2) is 13.2 Å². The Labute approximate surface area is 146 Å². The molecule has 3 unspecified atom stereocenters. The minimum atomic E-state index is -3.26. The third-order valence-corrected chi connectivity index (χ3v) is 3.97. The lowest BCUT2D eigenvalue weighted by Crippen LogP contribution is -2.50. The minimum absolute atomic E-state index is 0.0735. The van der Waals surface area contributed by atoms with Crippen molar-refractivity contribution in [2.45, 2.75) is 53.1 Å². The molecule has 0 aromatic rings. The van der Waals surface area contributed by atoms with Crippen LogP contribution in [0.2, 0.25) is 0 Å². The fraction of sp³-hybridized carbons (Fsp3) is 0.667. The molecule has 142 valence electrons. The summed E-state index contributed by atoms with van der Waals surface area (Å²) < 4.78 is 52.1. The van der Waals surface area contributed by atoms with Crippen LogP contribution < -0.4 is 0 Å². The van der Waals surface area contributed by atoms with Crippen molar-refractivity contribution in [2.75, 3.05) is 6.61 Å². The van der Waals surface area contributed by atoms with Gasteiger partial charge >= 0.3 is 11.9 Å². The maximum absolute atomic E-state index is 14.1. The summed E-state index contributed by atoms with van der Waals surface area (Å²) in [5, 5.41) is 0. The monoisotopic (exact) mass is 362 g/mol. The topological polar surface area (TPSA) is 52.6 Å². The molecular formula is C18H25F3O4. The molecule has 0 heterocycles. The Hall–Kier alpha value is -1.79. The molecule has 0 aliphatic heterocycles. The molecule has 0 spiro atoms. The van der Waals surface area contributed by atoms with Gasteiger partial charge in [-0.15, -0.1) is 0 Å². The summed E-state index contributed by atoms with van der Waals surface area (Å²) in [4.78, 5) is 24.8. The van der Waals surface area contributed by atoms with Crippen LogP contribution in [0.3, 0.4) is 0 Å². The molecule has 0 amide bonds. The van der Waals surface area contributed by atoms with E-state index in [0.29, 0.717) is 6.08 Å². The highest BCUT2D eigenvalue weighted by atomic mass is 19.3. The highest BCUT2D eigenvalue weighted by Crippen LogP contribution is 2.47. The number of esters is 2. The van der Waals surface area contributed by atoms with Gasteiger partial charge in [-0.1, -0.05) is 13.0 Å². The van der Waals surface area contributed by atoms with Crippen LogP contribution >= 0.6 is 0 Å². The number of hydrogen-bond acceptors (Lipinski definition) is 4. The van der Waals surface area contributed by atoms with Crippen molar-refractivity contribution in [3.63, 3.8) is 0 Å². The van der Waals surface area contributed by atoms with Crippen LogP contribution in [0.4, 0.5) is 13.2 Å². The molecule has 0 N–H and O–H groups in total. The van der Waals surface area contributed by atoms with E-state index in [0.717, 1.165) is 12.2 Å². The maximum Gasteiger partial charge on any atom is 0.323 e. The van der Waals surface area contributed by atoms with Crippen molar-refractivity contribution in [1.29, 1.82) is 0 Å². The Morgan fingerprint density at radius 2 is 1.88 bits per heavy atom. The summed E-state index contributed by atoms with van der Waals surface area (Å²) in [6.45, 7) is 7.87. The third-order valence-electron chi connectivity index (χ3n) is 3.97. The highest BCUT2D eigenvalue weighted by Gasteiger charge is 2.57. The van der Waals surface area contributed by atoms with Crippen molar-refractivity contribution in [2.24, 2.45) is 17.3 Å². The molecule has 0 radical (unpaired) electrons. The third kappa shape index (κ3) is 4.64. The van der Waals surface area contributed by atoms with Gasteiger partial charge < -0.3 is 9.47 Å². The molecule has 1 aliphatic rings. The lowest BCUT2D eigenvalue weighted by atomic mass is 9.66. The number of halogens is 3. The molecule has 7 heteroatoms. The van der Waals surface area contributed by atoms with Gasteiger partial charge in [0.2, 0.25) is 0 Å². The molecule has 3 atom stereocenters. The summed E-state index contributed by atoms with van der Waals surface area (Å²) in [5.41, 5.74) is -3.62. The van der Waals surface area contributed by atoms with E-state index in [4.69, 9.17) is 9.47 Å². The molecule has 1 rings (SSSR count). The number of carbonyl (C=O) groups is 2. The van der Waals surface area contributed by atoms with Gasteiger partial charge in [0.25, 0.3) is 6.43 Å². The average Bonchev–Trinajstić information content (AvgIpc) is 2.47. The van der Waals surface area contributed by atoms with Crippen LogP contribution in [0.15, 0.2) is 24.1 Å². The zero-order valence-electron chi connectivity index (χ0n) is 15.1. The number of alkyl halides is 2. The summed E-state index contributed by atoms with van der Waals surface area (Å²) in [6, 6.07) is 0. The van der Waals surface area contributed by atoms with E-state index in [1.54, 1.807) is 13.8 Å².